The number of hydrogen-bond acceptors (Lipinski definition) is 2. The van der Waals surface area contributed by atoms with Gasteiger partial charge < -0.3 is 0 Å². The average molecular weight is 142 g/mol. The van der Waals surface area contributed by atoms with Gasteiger partial charge in [-0.25, -0.2) is 0 Å². The number of carbonyl (C=O) groups excluding carboxylic acids is 2. The first-order valence-electron chi connectivity index (χ1n) is 3.42. The van der Waals surface area contributed by atoms with Crippen LogP contribution in [-0.2, 0) is 9.59 Å². The summed E-state index contributed by atoms with van der Waals surface area (Å²) >= 11 is 0. The number of rotatable bonds is 3. The molecule has 0 heterocycles. The Labute approximate surface area is 61.6 Å². The molecule has 0 amide bonds. The molecule has 0 N–H and O–H groups in total. The number of aldehydes is 1. The Hall–Kier alpha value is -0.660. The second kappa shape index (κ2) is 2.95. The predicted molar refractivity (Wildman–Crippen MR) is 39.7 cm³/mol. The minimum absolute atomic E-state index is 0.213. The lowest BCUT2D eigenvalue weighted by molar-refractivity contribution is -0.137. The van der Waals surface area contributed by atoms with Gasteiger partial charge in [-0.1, -0.05) is 27.7 Å². The molecule has 0 rings (SSSR count). The van der Waals surface area contributed by atoms with Crippen molar-refractivity contribution in [2.75, 3.05) is 0 Å². The molecule has 0 radical (unpaired) electrons. The molecule has 0 saturated heterocycles. The zero-order valence-corrected chi connectivity index (χ0v) is 6.97. The third-order valence-electron chi connectivity index (χ3n) is 2.19. The van der Waals surface area contributed by atoms with E-state index in [1.54, 1.807) is 13.8 Å². The summed E-state index contributed by atoms with van der Waals surface area (Å²) in [5, 5.41) is 0. The lowest BCUT2D eigenvalue weighted by Crippen LogP contribution is -2.30. The van der Waals surface area contributed by atoms with Gasteiger partial charge >= 0.3 is 0 Å². The third-order valence-corrected chi connectivity index (χ3v) is 2.19. The van der Waals surface area contributed by atoms with Crippen molar-refractivity contribution >= 4 is 12.1 Å². The van der Waals surface area contributed by atoms with Crippen molar-refractivity contribution < 1.29 is 9.59 Å². The van der Waals surface area contributed by atoms with Crippen molar-refractivity contribution in [3.8, 4) is 0 Å². The molecule has 0 spiro atoms. The molecule has 0 aromatic rings. The molecule has 0 aliphatic rings. The van der Waals surface area contributed by atoms with Crippen LogP contribution in [0.2, 0.25) is 0 Å². The minimum atomic E-state index is -0.498. The molecule has 0 aliphatic heterocycles. The quantitative estimate of drug-likeness (QED) is 0.441. The summed E-state index contributed by atoms with van der Waals surface area (Å²) in [7, 11) is 0. The third kappa shape index (κ3) is 1.66. The SMILES string of the molecule is CC(C)C(C)(C)C(=O)C=O. The highest BCUT2D eigenvalue weighted by Gasteiger charge is 2.30. The van der Waals surface area contributed by atoms with E-state index >= 15 is 0 Å². The fourth-order valence-electron chi connectivity index (χ4n) is 0.436. The number of carbonyl (C=O) groups is 2. The topological polar surface area (TPSA) is 34.1 Å². The molecule has 0 atom stereocenters. The van der Waals surface area contributed by atoms with E-state index in [0.717, 1.165) is 0 Å². The number of Topliss-reactive ketones (excluding diaryl/α,β-unsaturated/α-hetero) is 1. The molecular formula is C8H14O2. The molecule has 0 unspecified atom stereocenters. The monoisotopic (exact) mass is 142 g/mol. The summed E-state index contributed by atoms with van der Waals surface area (Å²) in [6.45, 7) is 7.44. The zero-order valence-electron chi connectivity index (χ0n) is 6.97. The summed E-state index contributed by atoms with van der Waals surface area (Å²) in [6, 6.07) is 0. The van der Waals surface area contributed by atoms with Gasteiger partial charge in [-0.3, -0.25) is 9.59 Å². The largest absolute Gasteiger partial charge is 0.295 e. The van der Waals surface area contributed by atoms with Gasteiger partial charge in [-0.05, 0) is 5.92 Å². The van der Waals surface area contributed by atoms with Crippen molar-refractivity contribution in [3.63, 3.8) is 0 Å². The van der Waals surface area contributed by atoms with Gasteiger partial charge in [0, 0.05) is 5.41 Å². The lowest BCUT2D eigenvalue weighted by Gasteiger charge is -2.24. The molecule has 10 heavy (non-hydrogen) atoms. The van der Waals surface area contributed by atoms with Crippen LogP contribution in [0.25, 0.3) is 0 Å². The first-order valence-corrected chi connectivity index (χ1v) is 3.42. The summed E-state index contributed by atoms with van der Waals surface area (Å²) in [6.07, 6.45) is 0.403. The molecule has 0 aliphatic carbocycles. The highest BCUT2D eigenvalue weighted by molar-refractivity contribution is 6.27. The van der Waals surface area contributed by atoms with Crippen LogP contribution in [0.4, 0.5) is 0 Å². The average Bonchev–Trinajstić information content (AvgIpc) is 1.86. The van der Waals surface area contributed by atoms with Crippen LogP contribution in [0, 0.1) is 11.3 Å². The van der Waals surface area contributed by atoms with Crippen LogP contribution in [0.1, 0.15) is 27.7 Å². The van der Waals surface area contributed by atoms with Gasteiger partial charge in [0.15, 0.2) is 6.29 Å². The molecule has 0 saturated carbocycles. The van der Waals surface area contributed by atoms with Gasteiger partial charge in [-0.15, -0.1) is 0 Å². The Morgan fingerprint density at radius 1 is 1.40 bits per heavy atom. The van der Waals surface area contributed by atoms with Crippen LogP contribution >= 0.6 is 0 Å². The summed E-state index contributed by atoms with van der Waals surface area (Å²) in [5.74, 6) is -0.104. The van der Waals surface area contributed by atoms with E-state index in [2.05, 4.69) is 0 Å². The fourth-order valence-corrected chi connectivity index (χ4v) is 0.436. The Bertz CT molecular complexity index is 145. The van der Waals surface area contributed by atoms with Gasteiger partial charge in [-0.2, -0.15) is 0 Å². The summed E-state index contributed by atoms with van der Waals surface area (Å²) in [5.41, 5.74) is -0.498. The molecule has 0 aromatic carbocycles. The normalized spacial score (nSPS) is 11.7. The number of hydrogen-bond donors (Lipinski definition) is 0. The predicted octanol–water partition coefficient (Wildman–Crippen LogP) is 1.44. The second-order valence-electron chi connectivity index (χ2n) is 3.36. The smallest absolute Gasteiger partial charge is 0.200 e. The van der Waals surface area contributed by atoms with E-state index in [1.165, 1.54) is 0 Å². The van der Waals surface area contributed by atoms with Gasteiger partial charge in [0.1, 0.15) is 0 Å². The van der Waals surface area contributed by atoms with Crippen molar-refractivity contribution in [3.05, 3.63) is 0 Å². The van der Waals surface area contributed by atoms with Gasteiger partial charge in [0.05, 0.1) is 0 Å². The van der Waals surface area contributed by atoms with E-state index in [4.69, 9.17) is 0 Å². The molecule has 0 fully saturated rings. The maximum absolute atomic E-state index is 10.9. The summed E-state index contributed by atoms with van der Waals surface area (Å²) in [4.78, 5) is 21.0. The van der Waals surface area contributed by atoms with Crippen LogP contribution in [0.3, 0.4) is 0 Å². The van der Waals surface area contributed by atoms with Crippen LogP contribution in [0.5, 0.6) is 0 Å². The molecule has 0 bridgehead atoms. The molecule has 0 aromatic heterocycles. The van der Waals surface area contributed by atoms with Crippen LogP contribution < -0.4 is 0 Å². The van der Waals surface area contributed by atoms with Crippen molar-refractivity contribution in [1.29, 1.82) is 0 Å². The lowest BCUT2D eigenvalue weighted by atomic mass is 9.78. The Kier molecular flexibility index (Phi) is 2.76. The van der Waals surface area contributed by atoms with E-state index in [0.29, 0.717) is 6.29 Å². The van der Waals surface area contributed by atoms with Crippen molar-refractivity contribution in [1.82, 2.24) is 0 Å². The van der Waals surface area contributed by atoms with Gasteiger partial charge in [0.2, 0.25) is 5.78 Å². The van der Waals surface area contributed by atoms with E-state index in [1.807, 2.05) is 13.8 Å². The highest BCUT2D eigenvalue weighted by Crippen LogP contribution is 2.25. The molecular weight excluding hydrogens is 128 g/mol. The molecule has 2 heteroatoms. The Morgan fingerprint density at radius 2 is 1.80 bits per heavy atom. The van der Waals surface area contributed by atoms with E-state index in [9.17, 15) is 9.59 Å². The molecule has 58 valence electrons. The second-order valence-corrected chi connectivity index (χ2v) is 3.36. The van der Waals surface area contributed by atoms with Crippen molar-refractivity contribution in [2.45, 2.75) is 27.7 Å². The summed E-state index contributed by atoms with van der Waals surface area (Å²) < 4.78 is 0. The Morgan fingerprint density at radius 3 is 1.90 bits per heavy atom. The van der Waals surface area contributed by atoms with Crippen LogP contribution in [0.15, 0.2) is 0 Å². The van der Waals surface area contributed by atoms with E-state index < -0.39 is 5.41 Å². The standard InChI is InChI=1S/C8H14O2/c1-6(2)8(3,4)7(10)5-9/h5-6H,1-4H3. The van der Waals surface area contributed by atoms with Crippen LogP contribution in [-0.4, -0.2) is 12.1 Å². The maximum atomic E-state index is 10.9. The Balaban J connectivity index is 4.39. The zero-order chi connectivity index (χ0) is 8.36. The number of ketones is 1. The minimum Gasteiger partial charge on any atom is -0.295 e. The first kappa shape index (κ1) is 9.34. The maximum Gasteiger partial charge on any atom is 0.200 e. The van der Waals surface area contributed by atoms with Crippen molar-refractivity contribution in [2.24, 2.45) is 11.3 Å². The van der Waals surface area contributed by atoms with E-state index in [-0.39, 0.29) is 11.7 Å². The highest BCUT2D eigenvalue weighted by atomic mass is 16.2. The molecule has 2 nitrogen and oxygen atoms in total. The van der Waals surface area contributed by atoms with Gasteiger partial charge in [0.25, 0.3) is 0 Å². The fraction of sp³-hybridized carbons (Fsp3) is 0.750. The first-order chi connectivity index (χ1) is 4.42.